The Balaban J connectivity index is 1.96. The lowest BCUT2D eigenvalue weighted by molar-refractivity contribution is 0.495. The highest BCUT2D eigenvalue weighted by Gasteiger charge is 2.39. The van der Waals surface area contributed by atoms with E-state index in [1.807, 2.05) is 0 Å². The Morgan fingerprint density at radius 1 is 1.33 bits per heavy atom. The van der Waals surface area contributed by atoms with Crippen LogP contribution in [-0.4, -0.2) is 42.4 Å². The van der Waals surface area contributed by atoms with Crippen LogP contribution in [0.1, 0.15) is 45.7 Å². The summed E-state index contributed by atoms with van der Waals surface area (Å²) in [5.41, 5.74) is 0.706. The first-order chi connectivity index (χ1) is 11.5. The molecule has 0 aromatic carbocycles. The molecule has 1 atom stereocenters. The average Bonchev–Trinajstić information content (AvgIpc) is 3.00. The van der Waals surface area contributed by atoms with Gasteiger partial charge in [-0.25, -0.2) is 4.98 Å². The van der Waals surface area contributed by atoms with Crippen molar-refractivity contribution in [2.75, 3.05) is 23.7 Å². The standard InChI is InChI=1S/C16H24N4O2S2/c1-4-7-12-10-13(21)20-14(17-12)23-15(18-20)19-8-9-24(22)16(5-2,6-3)11-19/h10H,4-9,11H2,1-3H3. The SMILES string of the molecule is CCCc1cc(=O)n2nc(N3CCS(=O)C(CC)(CC)C3)sc2n1. The van der Waals surface area contributed by atoms with Crippen LogP contribution in [0, 0.1) is 0 Å². The van der Waals surface area contributed by atoms with Gasteiger partial charge in [-0.15, -0.1) is 5.10 Å². The fraction of sp³-hybridized carbons (Fsp3) is 0.688. The van der Waals surface area contributed by atoms with E-state index in [0.717, 1.165) is 43.1 Å². The summed E-state index contributed by atoms with van der Waals surface area (Å²) in [4.78, 5) is 19.6. The van der Waals surface area contributed by atoms with Crippen molar-refractivity contribution in [3.8, 4) is 0 Å². The maximum absolute atomic E-state index is 12.5. The molecule has 0 amide bonds. The minimum atomic E-state index is -0.809. The lowest BCUT2D eigenvalue weighted by atomic mass is 10.0. The van der Waals surface area contributed by atoms with Gasteiger partial charge in [0.05, 0.1) is 4.75 Å². The van der Waals surface area contributed by atoms with Crippen LogP contribution in [0.4, 0.5) is 5.13 Å². The fourth-order valence-electron chi connectivity index (χ4n) is 3.23. The van der Waals surface area contributed by atoms with E-state index < -0.39 is 10.8 Å². The molecular formula is C16H24N4O2S2. The first kappa shape index (κ1) is 17.5. The highest BCUT2D eigenvalue weighted by Crippen LogP contribution is 2.32. The van der Waals surface area contributed by atoms with Crippen LogP contribution in [0.2, 0.25) is 0 Å². The molecule has 8 heteroatoms. The number of hydrogen-bond acceptors (Lipinski definition) is 6. The Bertz CT molecular complexity index is 810. The second kappa shape index (κ2) is 6.92. The third-order valence-electron chi connectivity index (χ3n) is 4.86. The third kappa shape index (κ3) is 3.01. The summed E-state index contributed by atoms with van der Waals surface area (Å²) in [7, 11) is -0.809. The van der Waals surface area contributed by atoms with Gasteiger partial charge in [-0.2, -0.15) is 4.52 Å². The highest BCUT2D eigenvalue weighted by atomic mass is 32.2. The Labute approximate surface area is 148 Å². The quantitative estimate of drug-likeness (QED) is 0.810. The van der Waals surface area contributed by atoms with E-state index in [-0.39, 0.29) is 10.3 Å². The van der Waals surface area contributed by atoms with Crippen LogP contribution in [0.5, 0.6) is 0 Å². The van der Waals surface area contributed by atoms with Crippen LogP contribution < -0.4 is 10.5 Å². The summed E-state index contributed by atoms with van der Waals surface area (Å²) in [5.74, 6) is 0.654. The van der Waals surface area contributed by atoms with Crippen molar-refractivity contribution in [2.24, 2.45) is 0 Å². The summed E-state index contributed by atoms with van der Waals surface area (Å²) in [6.45, 7) is 7.72. The lowest BCUT2D eigenvalue weighted by Crippen LogP contribution is -2.53. The van der Waals surface area contributed by atoms with Crippen molar-refractivity contribution >= 4 is 32.2 Å². The first-order valence-electron chi connectivity index (χ1n) is 8.56. The van der Waals surface area contributed by atoms with Gasteiger partial charge in [0, 0.05) is 41.4 Å². The number of anilines is 1. The van der Waals surface area contributed by atoms with E-state index >= 15 is 0 Å². The topological polar surface area (TPSA) is 67.6 Å². The number of rotatable bonds is 5. The van der Waals surface area contributed by atoms with E-state index in [1.54, 1.807) is 6.07 Å². The Morgan fingerprint density at radius 3 is 2.75 bits per heavy atom. The van der Waals surface area contributed by atoms with Crippen LogP contribution in [0.3, 0.4) is 0 Å². The number of hydrogen-bond donors (Lipinski definition) is 0. The van der Waals surface area contributed by atoms with Crippen molar-refractivity contribution in [1.82, 2.24) is 14.6 Å². The van der Waals surface area contributed by atoms with E-state index in [1.165, 1.54) is 15.9 Å². The zero-order chi connectivity index (χ0) is 17.3. The molecule has 1 saturated heterocycles. The Hall–Kier alpha value is -1.28. The van der Waals surface area contributed by atoms with Gasteiger partial charge in [0.1, 0.15) is 0 Å². The van der Waals surface area contributed by atoms with Crippen molar-refractivity contribution < 1.29 is 4.21 Å². The van der Waals surface area contributed by atoms with Crippen LogP contribution >= 0.6 is 11.3 Å². The second-order valence-electron chi connectivity index (χ2n) is 6.28. The Morgan fingerprint density at radius 2 is 2.08 bits per heavy atom. The van der Waals surface area contributed by atoms with Gasteiger partial charge >= 0.3 is 0 Å². The largest absolute Gasteiger partial charge is 0.344 e. The number of aryl methyl sites for hydroxylation is 1. The van der Waals surface area contributed by atoms with Crippen molar-refractivity contribution in [3.63, 3.8) is 0 Å². The molecule has 0 spiro atoms. The smallest absolute Gasteiger partial charge is 0.275 e. The summed E-state index contributed by atoms with van der Waals surface area (Å²) in [5, 5.41) is 5.29. The Kier molecular flexibility index (Phi) is 5.05. The normalized spacial score (nSPS) is 20.6. The van der Waals surface area contributed by atoms with E-state index in [0.29, 0.717) is 17.3 Å². The third-order valence-corrected chi connectivity index (χ3v) is 8.06. The number of nitrogens with zero attached hydrogens (tertiary/aromatic N) is 4. The number of fused-ring (bicyclic) bond motifs is 1. The predicted octanol–water partition coefficient (Wildman–Crippen LogP) is 2.23. The predicted molar refractivity (Wildman–Crippen MR) is 99.7 cm³/mol. The maximum Gasteiger partial charge on any atom is 0.275 e. The molecule has 0 N–H and O–H groups in total. The lowest BCUT2D eigenvalue weighted by Gasteiger charge is -2.40. The van der Waals surface area contributed by atoms with Crippen LogP contribution in [0.15, 0.2) is 10.9 Å². The second-order valence-corrected chi connectivity index (χ2v) is 9.18. The number of aromatic nitrogens is 3. The van der Waals surface area contributed by atoms with Crippen LogP contribution in [0.25, 0.3) is 4.96 Å². The van der Waals surface area contributed by atoms with E-state index in [9.17, 15) is 9.00 Å². The zero-order valence-corrected chi connectivity index (χ0v) is 16.1. The van der Waals surface area contributed by atoms with E-state index in [4.69, 9.17) is 0 Å². The maximum atomic E-state index is 12.5. The van der Waals surface area contributed by atoms with E-state index in [2.05, 4.69) is 35.8 Å². The molecule has 3 heterocycles. The molecule has 6 nitrogen and oxygen atoms in total. The van der Waals surface area contributed by atoms with Gasteiger partial charge in [-0.05, 0) is 19.3 Å². The summed E-state index contributed by atoms with van der Waals surface area (Å²) >= 11 is 1.45. The molecule has 0 saturated carbocycles. The van der Waals surface area contributed by atoms with Gasteiger partial charge < -0.3 is 4.90 Å². The van der Waals surface area contributed by atoms with Gasteiger partial charge in [0.15, 0.2) is 0 Å². The van der Waals surface area contributed by atoms with Crippen molar-refractivity contribution in [1.29, 1.82) is 0 Å². The molecule has 2 aromatic rings. The van der Waals surface area contributed by atoms with Gasteiger partial charge in [0.25, 0.3) is 5.56 Å². The zero-order valence-electron chi connectivity index (χ0n) is 14.4. The molecule has 0 bridgehead atoms. The van der Waals surface area contributed by atoms with Gasteiger partial charge in [-0.3, -0.25) is 9.00 Å². The molecule has 1 fully saturated rings. The molecule has 1 unspecified atom stereocenters. The molecule has 1 aliphatic heterocycles. The molecule has 3 rings (SSSR count). The van der Waals surface area contributed by atoms with Crippen molar-refractivity contribution in [3.05, 3.63) is 22.1 Å². The minimum absolute atomic E-state index is 0.121. The summed E-state index contributed by atoms with van der Waals surface area (Å²) < 4.78 is 13.7. The monoisotopic (exact) mass is 368 g/mol. The summed E-state index contributed by atoms with van der Waals surface area (Å²) in [6.07, 6.45) is 3.53. The van der Waals surface area contributed by atoms with Gasteiger partial charge in [0.2, 0.25) is 10.1 Å². The first-order valence-corrected chi connectivity index (χ1v) is 10.7. The average molecular weight is 369 g/mol. The van der Waals surface area contributed by atoms with Crippen LogP contribution in [-0.2, 0) is 17.2 Å². The minimum Gasteiger partial charge on any atom is -0.344 e. The van der Waals surface area contributed by atoms with Gasteiger partial charge in [-0.1, -0.05) is 38.5 Å². The van der Waals surface area contributed by atoms with Crippen molar-refractivity contribution in [2.45, 2.75) is 51.2 Å². The molecule has 24 heavy (non-hydrogen) atoms. The fourth-order valence-corrected chi connectivity index (χ4v) is 5.94. The highest BCUT2D eigenvalue weighted by molar-refractivity contribution is 7.86. The molecule has 2 aromatic heterocycles. The molecule has 1 aliphatic rings. The molecule has 0 radical (unpaired) electrons. The molecule has 132 valence electrons. The summed E-state index contributed by atoms with van der Waals surface area (Å²) in [6, 6.07) is 1.58. The molecule has 0 aliphatic carbocycles. The molecular weight excluding hydrogens is 344 g/mol.